The highest BCUT2D eigenvalue weighted by molar-refractivity contribution is 6.26. The predicted octanol–water partition coefficient (Wildman–Crippen LogP) is 4.52. The van der Waals surface area contributed by atoms with Crippen molar-refractivity contribution in [2.75, 3.05) is 0 Å². The number of halogens is 1. The summed E-state index contributed by atoms with van der Waals surface area (Å²) in [5.41, 5.74) is 3.42. The smallest absolute Gasteiger partial charge is 0.127 e. The van der Waals surface area contributed by atoms with Gasteiger partial charge in [-0.25, -0.2) is 0 Å². The van der Waals surface area contributed by atoms with Crippen molar-refractivity contribution in [1.29, 1.82) is 0 Å². The molecule has 2 aliphatic carbocycles. The molecule has 1 aromatic carbocycles. The molecule has 2 aliphatic rings. The Morgan fingerprint density at radius 1 is 1.10 bits per heavy atom. The first-order valence-corrected chi connectivity index (χ1v) is 7.53. The van der Waals surface area contributed by atoms with Crippen molar-refractivity contribution in [2.24, 2.45) is 0 Å². The molecule has 2 aromatic rings. The van der Waals surface area contributed by atoms with Crippen molar-refractivity contribution in [1.82, 2.24) is 4.98 Å². The lowest BCUT2D eigenvalue weighted by Gasteiger charge is -2.16. The van der Waals surface area contributed by atoms with E-state index in [2.05, 4.69) is 11.1 Å². The van der Waals surface area contributed by atoms with E-state index in [0.29, 0.717) is 6.10 Å². The fraction of sp³-hybridized carbons (Fsp3) is 0.353. The molecule has 0 amide bonds. The molecule has 0 aliphatic heterocycles. The largest absolute Gasteiger partial charge is 0.490 e. The first kappa shape index (κ1) is 12.2. The third-order valence-electron chi connectivity index (χ3n) is 3.99. The summed E-state index contributed by atoms with van der Waals surface area (Å²) >= 11 is 6.61. The summed E-state index contributed by atoms with van der Waals surface area (Å²) in [6, 6.07) is 10.3. The molecule has 1 aromatic heterocycles. The predicted molar refractivity (Wildman–Crippen MR) is 80.1 cm³/mol. The summed E-state index contributed by atoms with van der Waals surface area (Å²) in [7, 11) is 0. The molecule has 2 nitrogen and oxygen atoms in total. The maximum atomic E-state index is 6.61. The molecule has 4 rings (SSSR count). The second-order valence-corrected chi connectivity index (χ2v) is 6.42. The van der Waals surface area contributed by atoms with E-state index in [9.17, 15) is 0 Å². The molecule has 0 saturated heterocycles. The third-order valence-corrected chi connectivity index (χ3v) is 4.57. The zero-order valence-electron chi connectivity index (χ0n) is 11.2. The number of nitrogens with zero attached hydrogens (tertiary/aromatic N) is 1. The topological polar surface area (TPSA) is 22.1 Å². The average Bonchev–Trinajstić information content (AvgIpc) is 3.39. The van der Waals surface area contributed by atoms with Crippen molar-refractivity contribution in [3.8, 4) is 16.9 Å². The van der Waals surface area contributed by atoms with Crippen molar-refractivity contribution in [2.45, 2.75) is 36.7 Å². The molecule has 0 atom stereocenters. The van der Waals surface area contributed by atoms with Crippen LogP contribution in [0.5, 0.6) is 5.75 Å². The van der Waals surface area contributed by atoms with Crippen LogP contribution in [0.1, 0.15) is 31.2 Å². The first-order valence-electron chi connectivity index (χ1n) is 7.16. The molecule has 102 valence electrons. The van der Waals surface area contributed by atoms with E-state index in [0.717, 1.165) is 48.1 Å². The maximum Gasteiger partial charge on any atom is 0.127 e. The van der Waals surface area contributed by atoms with Crippen molar-refractivity contribution in [3.05, 3.63) is 48.3 Å². The first-order chi connectivity index (χ1) is 9.76. The van der Waals surface area contributed by atoms with Crippen LogP contribution in [0.2, 0.25) is 0 Å². The minimum atomic E-state index is -0.212. The number of ether oxygens (including phenoxy) is 1. The molecular weight excluding hydrogens is 270 g/mol. The van der Waals surface area contributed by atoms with Gasteiger partial charge < -0.3 is 4.74 Å². The van der Waals surface area contributed by atoms with Gasteiger partial charge in [0.15, 0.2) is 0 Å². The Morgan fingerprint density at radius 2 is 1.90 bits per heavy atom. The van der Waals surface area contributed by atoms with Crippen LogP contribution in [0.25, 0.3) is 11.1 Å². The lowest BCUT2D eigenvalue weighted by Crippen LogP contribution is -2.03. The van der Waals surface area contributed by atoms with E-state index in [1.165, 1.54) is 0 Å². The number of rotatable bonds is 4. The van der Waals surface area contributed by atoms with Gasteiger partial charge in [-0.2, -0.15) is 0 Å². The number of hydrogen-bond donors (Lipinski definition) is 0. The fourth-order valence-electron chi connectivity index (χ4n) is 2.52. The summed E-state index contributed by atoms with van der Waals surface area (Å²) in [4.78, 5) is 4.04. The SMILES string of the molecule is ClC1(c2cnccc2-c2ccccc2OC2CC2)CC1. The van der Waals surface area contributed by atoms with Gasteiger partial charge in [-0.3, -0.25) is 4.98 Å². The lowest BCUT2D eigenvalue weighted by molar-refractivity contribution is 0.304. The van der Waals surface area contributed by atoms with E-state index in [1.54, 1.807) is 0 Å². The molecule has 20 heavy (non-hydrogen) atoms. The molecule has 1 heterocycles. The number of hydrogen-bond acceptors (Lipinski definition) is 2. The van der Waals surface area contributed by atoms with Gasteiger partial charge in [0.25, 0.3) is 0 Å². The van der Waals surface area contributed by atoms with E-state index in [-0.39, 0.29) is 4.87 Å². The molecule has 2 fully saturated rings. The Bertz CT molecular complexity index is 647. The number of alkyl halides is 1. The summed E-state index contributed by atoms with van der Waals surface area (Å²) in [5.74, 6) is 0.961. The average molecular weight is 286 g/mol. The summed E-state index contributed by atoms with van der Waals surface area (Å²) < 4.78 is 6.04. The highest BCUT2D eigenvalue weighted by Crippen LogP contribution is 2.55. The molecular formula is C17H16ClNO. The molecule has 0 unspecified atom stereocenters. The van der Waals surface area contributed by atoms with Crippen LogP contribution in [0.3, 0.4) is 0 Å². The van der Waals surface area contributed by atoms with Crippen LogP contribution in [0.4, 0.5) is 0 Å². The van der Waals surface area contributed by atoms with Gasteiger partial charge in [-0.15, -0.1) is 11.6 Å². The minimum Gasteiger partial charge on any atom is -0.490 e. The molecule has 0 N–H and O–H groups in total. The van der Waals surface area contributed by atoms with Crippen LogP contribution < -0.4 is 4.74 Å². The summed E-state index contributed by atoms with van der Waals surface area (Å²) in [6.07, 6.45) is 8.51. The number of para-hydroxylation sites is 1. The van der Waals surface area contributed by atoms with E-state index in [1.807, 2.05) is 36.7 Å². The zero-order chi connectivity index (χ0) is 13.6. The van der Waals surface area contributed by atoms with Gasteiger partial charge in [0, 0.05) is 18.0 Å². The van der Waals surface area contributed by atoms with Crippen LogP contribution in [-0.2, 0) is 4.87 Å². The second-order valence-electron chi connectivity index (χ2n) is 5.70. The Labute approximate surface area is 123 Å². The normalized spacial score (nSPS) is 19.6. The van der Waals surface area contributed by atoms with Crippen molar-refractivity contribution in [3.63, 3.8) is 0 Å². The Kier molecular flexibility index (Phi) is 2.74. The third kappa shape index (κ3) is 2.18. The second kappa shape index (κ2) is 4.49. The van der Waals surface area contributed by atoms with Crippen LogP contribution >= 0.6 is 11.6 Å². The molecule has 0 bridgehead atoms. The number of pyridine rings is 1. The van der Waals surface area contributed by atoms with Gasteiger partial charge in [-0.1, -0.05) is 18.2 Å². The van der Waals surface area contributed by atoms with Crippen LogP contribution in [-0.4, -0.2) is 11.1 Å². The highest BCUT2D eigenvalue weighted by Gasteiger charge is 2.44. The van der Waals surface area contributed by atoms with Crippen LogP contribution in [0, 0.1) is 0 Å². The van der Waals surface area contributed by atoms with Crippen molar-refractivity contribution >= 4 is 11.6 Å². The standard InChI is InChI=1S/C17H16ClNO/c18-17(8-9-17)15-11-19-10-7-13(15)14-3-1-2-4-16(14)20-12-5-6-12/h1-4,7,10-12H,5-6,8-9H2. The molecule has 0 radical (unpaired) electrons. The van der Waals surface area contributed by atoms with Gasteiger partial charge in [-0.05, 0) is 48.9 Å². The molecule has 3 heteroatoms. The van der Waals surface area contributed by atoms with E-state index in [4.69, 9.17) is 16.3 Å². The minimum absolute atomic E-state index is 0.212. The highest BCUT2D eigenvalue weighted by atomic mass is 35.5. The Balaban J connectivity index is 1.81. The maximum absolute atomic E-state index is 6.61. The number of aromatic nitrogens is 1. The van der Waals surface area contributed by atoms with Gasteiger partial charge in [0.2, 0.25) is 0 Å². The van der Waals surface area contributed by atoms with E-state index >= 15 is 0 Å². The lowest BCUT2D eigenvalue weighted by atomic mass is 9.98. The quantitative estimate of drug-likeness (QED) is 0.771. The summed E-state index contributed by atoms with van der Waals surface area (Å²) in [5, 5.41) is 0. The number of benzene rings is 1. The van der Waals surface area contributed by atoms with Gasteiger partial charge >= 0.3 is 0 Å². The van der Waals surface area contributed by atoms with E-state index < -0.39 is 0 Å². The zero-order valence-corrected chi connectivity index (χ0v) is 11.9. The fourth-order valence-corrected chi connectivity index (χ4v) is 2.77. The summed E-state index contributed by atoms with van der Waals surface area (Å²) in [6.45, 7) is 0. The Hall–Kier alpha value is -1.54. The van der Waals surface area contributed by atoms with Gasteiger partial charge in [0.05, 0.1) is 11.0 Å². The molecule has 2 saturated carbocycles. The molecule has 0 spiro atoms. The van der Waals surface area contributed by atoms with Crippen molar-refractivity contribution < 1.29 is 4.74 Å². The Morgan fingerprint density at radius 3 is 2.65 bits per heavy atom. The monoisotopic (exact) mass is 285 g/mol. The van der Waals surface area contributed by atoms with Crippen LogP contribution in [0.15, 0.2) is 42.7 Å². The van der Waals surface area contributed by atoms with Gasteiger partial charge in [0.1, 0.15) is 5.75 Å².